The minimum absolute atomic E-state index is 0.195. The molecule has 0 N–H and O–H groups in total. The van der Waals surface area contributed by atoms with Crippen LogP contribution < -0.4 is 9.80 Å². The molecule has 126 valence electrons. The van der Waals surface area contributed by atoms with Gasteiger partial charge < -0.3 is 9.80 Å². The van der Waals surface area contributed by atoms with Crippen LogP contribution in [0.15, 0.2) is 36.4 Å². The Morgan fingerprint density at radius 1 is 0.750 bits per heavy atom. The summed E-state index contributed by atoms with van der Waals surface area (Å²) in [6.07, 6.45) is 0. The van der Waals surface area contributed by atoms with Gasteiger partial charge in [0.05, 0.1) is 15.4 Å². The molecule has 0 heterocycles. The summed E-state index contributed by atoms with van der Waals surface area (Å²) in [5.41, 5.74) is 0.910. The predicted octanol–water partition coefficient (Wildman–Crippen LogP) is 3.30. The average molecular weight is 330 g/mol. The number of benzene rings is 2. The van der Waals surface area contributed by atoms with Gasteiger partial charge in [-0.15, -0.1) is 0 Å². The van der Waals surface area contributed by atoms with E-state index in [2.05, 4.69) is 0 Å². The quantitative estimate of drug-likeness (QED) is 0.617. The normalized spacial score (nSPS) is 10.3. The third-order valence-electron chi connectivity index (χ3n) is 3.67. The largest absolute Gasteiger partial charge is 0.378 e. The Labute approximate surface area is 139 Å². The molecule has 8 heteroatoms. The first kappa shape index (κ1) is 17.2. The number of nitro benzene ring substituents is 2. The van der Waals surface area contributed by atoms with Crippen molar-refractivity contribution in [2.45, 2.75) is 0 Å². The molecule has 0 atom stereocenters. The summed E-state index contributed by atoms with van der Waals surface area (Å²) >= 11 is 0. The highest BCUT2D eigenvalue weighted by molar-refractivity contribution is 5.86. The number of hydrogen-bond donors (Lipinski definition) is 0. The summed E-state index contributed by atoms with van der Waals surface area (Å²) in [7, 11) is 6.98. The van der Waals surface area contributed by atoms with E-state index in [0.29, 0.717) is 5.56 Å². The van der Waals surface area contributed by atoms with E-state index in [-0.39, 0.29) is 11.3 Å². The van der Waals surface area contributed by atoms with Crippen molar-refractivity contribution in [3.8, 4) is 11.1 Å². The summed E-state index contributed by atoms with van der Waals surface area (Å²) in [4.78, 5) is 25.0. The Balaban J connectivity index is 2.72. The van der Waals surface area contributed by atoms with E-state index >= 15 is 0 Å². The number of nitro groups is 2. The molecule has 8 nitrogen and oxygen atoms in total. The van der Waals surface area contributed by atoms with Gasteiger partial charge in [0.2, 0.25) is 0 Å². The molecule has 0 aromatic heterocycles. The SMILES string of the molecule is CN(C)c1ccc(-c2ccc(N(C)C)c([N+](=O)[O-])c2[N+](=O)[O-])cc1. The zero-order valence-corrected chi connectivity index (χ0v) is 13.9. The highest BCUT2D eigenvalue weighted by Gasteiger charge is 2.33. The Hall–Kier alpha value is -3.16. The van der Waals surface area contributed by atoms with E-state index in [9.17, 15) is 20.2 Å². The van der Waals surface area contributed by atoms with Crippen molar-refractivity contribution in [2.24, 2.45) is 0 Å². The van der Waals surface area contributed by atoms with Crippen LogP contribution in [-0.4, -0.2) is 38.0 Å². The van der Waals surface area contributed by atoms with Crippen LogP contribution in [0.1, 0.15) is 0 Å². The second-order valence-electron chi connectivity index (χ2n) is 5.68. The summed E-state index contributed by atoms with van der Waals surface area (Å²) in [5.74, 6) is 0. The Kier molecular flexibility index (Phi) is 4.68. The summed E-state index contributed by atoms with van der Waals surface area (Å²) in [6, 6.07) is 10.1. The molecule has 0 saturated carbocycles. The van der Waals surface area contributed by atoms with Gasteiger partial charge in [-0.25, -0.2) is 0 Å². The molecule has 0 saturated heterocycles. The van der Waals surface area contributed by atoms with Gasteiger partial charge in [0.25, 0.3) is 0 Å². The van der Waals surface area contributed by atoms with Gasteiger partial charge in [0.15, 0.2) is 0 Å². The summed E-state index contributed by atoms with van der Waals surface area (Å²) in [5, 5.41) is 23.0. The first-order chi connectivity index (χ1) is 11.2. The van der Waals surface area contributed by atoms with Crippen molar-refractivity contribution in [1.29, 1.82) is 0 Å². The number of rotatable bonds is 5. The Morgan fingerprint density at radius 2 is 1.29 bits per heavy atom. The lowest BCUT2D eigenvalue weighted by Gasteiger charge is -2.15. The van der Waals surface area contributed by atoms with E-state index in [4.69, 9.17) is 0 Å². The minimum atomic E-state index is -0.703. The fourth-order valence-electron chi connectivity index (χ4n) is 2.47. The number of anilines is 2. The molecule has 0 bridgehead atoms. The summed E-state index contributed by atoms with van der Waals surface area (Å²) < 4.78 is 0. The standard InChI is InChI=1S/C16H18N4O4/c1-17(2)12-7-5-11(6-8-12)13-9-10-14(18(3)4)16(20(23)24)15(13)19(21)22/h5-10H,1-4H3. The van der Waals surface area contributed by atoms with Crippen LogP contribution in [0.5, 0.6) is 0 Å². The van der Waals surface area contributed by atoms with Gasteiger partial charge in [0.1, 0.15) is 5.69 Å². The minimum Gasteiger partial charge on any atom is -0.378 e. The van der Waals surface area contributed by atoms with Crippen LogP contribution in [0.3, 0.4) is 0 Å². The van der Waals surface area contributed by atoms with Crippen molar-refractivity contribution in [3.63, 3.8) is 0 Å². The van der Waals surface area contributed by atoms with Crippen molar-refractivity contribution in [2.75, 3.05) is 38.0 Å². The van der Waals surface area contributed by atoms with Gasteiger partial charge in [-0.3, -0.25) is 20.2 Å². The Bertz CT molecular complexity index is 785. The third kappa shape index (κ3) is 3.12. The molecule has 0 spiro atoms. The maximum Gasteiger partial charge on any atom is 0.369 e. The van der Waals surface area contributed by atoms with Crippen LogP contribution >= 0.6 is 0 Å². The molecule has 0 amide bonds. The molecule has 2 aromatic rings. The van der Waals surface area contributed by atoms with Gasteiger partial charge in [-0.2, -0.15) is 0 Å². The van der Waals surface area contributed by atoms with E-state index in [1.807, 2.05) is 31.1 Å². The van der Waals surface area contributed by atoms with Crippen LogP contribution in [0.2, 0.25) is 0 Å². The molecular formula is C16H18N4O4. The number of nitrogens with zero attached hydrogens (tertiary/aromatic N) is 4. The van der Waals surface area contributed by atoms with E-state index in [0.717, 1.165) is 5.69 Å². The molecule has 2 aromatic carbocycles. The monoisotopic (exact) mass is 330 g/mol. The van der Waals surface area contributed by atoms with Crippen molar-refractivity contribution in [1.82, 2.24) is 0 Å². The first-order valence-corrected chi connectivity index (χ1v) is 7.15. The first-order valence-electron chi connectivity index (χ1n) is 7.15. The molecule has 2 rings (SSSR count). The Morgan fingerprint density at radius 3 is 1.71 bits per heavy atom. The smallest absolute Gasteiger partial charge is 0.369 e. The highest BCUT2D eigenvalue weighted by atomic mass is 16.6. The van der Waals surface area contributed by atoms with Crippen LogP contribution in [0.4, 0.5) is 22.7 Å². The van der Waals surface area contributed by atoms with E-state index in [1.165, 1.54) is 11.0 Å². The van der Waals surface area contributed by atoms with Crippen molar-refractivity contribution >= 4 is 22.7 Å². The molecule has 24 heavy (non-hydrogen) atoms. The average Bonchev–Trinajstić information content (AvgIpc) is 2.53. The zero-order valence-electron chi connectivity index (χ0n) is 13.9. The fourth-order valence-corrected chi connectivity index (χ4v) is 2.47. The topological polar surface area (TPSA) is 92.8 Å². The fraction of sp³-hybridized carbons (Fsp3) is 0.250. The lowest BCUT2D eigenvalue weighted by atomic mass is 10.0. The molecular weight excluding hydrogens is 312 g/mol. The highest BCUT2D eigenvalue weighted by Crippen LogP contribution is 2.43. The van der Waals surface area contributed by atoms with Gasteiger partial charge in [-0.05, 0) is 29.8 Å². The van der Waals surface area contributed by atoms with Crippen molar-refractivity contribution in [3.05, 3.63) is 56.6 Å². The maximum absolute atomic E-state index is 11.5. The lowest BCUT2D eigenvalue weighted by Crippen LogP contribution is -2.12. The summed E-state index contributed by atoms with van der Waals surface area (Å²) in [6.45, 7) is 0. The van der Waals surface area contributed by atoms with Crippen LogP contribution in [-0.2, 0) is 0 Å². The second-order valence-corrected chi connectivity index (χ2v) is 5.68. The van der Waals surface area contributed by atoms with Gasteiger partial charge >= 0.3 is 11.4 Å². The maximum atomic E-state index is 11.5. The molecule has 0 fully saturated rings. The van der Waals surface area contributed by atoms with Crippen molar-refractivity contribution < 1.29 is 9.85 Å². The zero-order chi connectivity index (χ0) is 18.0. The molecule has 0 aliphatic rings. The van der Waals surface area contributed by atoms with Crippen LogP contribution in [0, 0.1) is 20.2 Å². The molecule has 0 radical (unpaired) electrons. The van der Waals surface area contributed by atoms with Crippen LogP contribution in [0.25, 0.3) is 11.1 Å². The van der Waals surface area contributed by atoms with E-state index < -0.39 is 21.2 Å². The van der Waals surface area contributed by atoms with Gasteiger partial charge in [0, 0.05) is 33.9 Å². The lowest BCUT2D eigenvalue weighted by molar-refractivity contribution is -0.421. The second kappa shape index (κ2) is 6.53. The molecule has 0 aliphatic carbocycles. The molecule has 0 aliphatic heterocycles. The predicted molar refractivity (Wildman–Crippen MR) is 93.8 cm³/mol. The molecule has 0 unspecified atom stereocenters. The third-order valence-corrected chi connectivity index (χ3v) is 3.67. The van der Waals surface area contributed by atoms with E-state index in [1.54, 1.807) is 32.3 Å². The van der Waals surface area contributed by atoms with Gasteiger partial charge in [-0.1, -0.05) is 12.1 Å². The number of hydrogen-bond acceptors (Lipinski definition) is 6.